The Morgan fingerprint density at radius 2 is 1.51 bits per heavy atom. The summed E-state index contributed by atoms with van der Waals surface area (Å²) >= 11 is 1.43. The topological polar surface area (TPSA) is 60.4 Å². The van der Waals surface area contributed by atoms with E-state index in [9.17, 15) is 14.4 Å². The Bertz CT molecular complexity index is 1060. The van der Waals surface area contributed by atoms with Crippen LogP contribution in [0, 0.1) is 5.92 Å². The number of rotatable bonds is 11. The van der Waals surface area contributed by atoms with E-state index < -0.39 is 0 Å². The van der Waals surface area contributed by atoms with Crippen LogP contribution >= 0.6 is 11.8 Å². The van der Waals surface area contributed by atoms with E-state index in [0.29, 0.717) is 24.2 Å². The molecular formula is C30H32O4S. The number of carbonyl (C=O) groups excluding carboxylic acids is 3. The minimum atomic E-state index is -0.367. The number of hydrogen-bond donors (Lipinski definition) is 0. The van der Waals surface area contributed by atoms with Gasteiger partial charge in [-0.1, -0.05) is 79.5 Å². The highest BCUT2D eigenvalue weighted by Gasteiger charge is 2.23. The molecule has 0 aliphatic heterocycles. The lowest BCUT2D eigenvalue weighted by atomic mass is 9.87. The maximum absolute atomic E-state index is 12.4. The van der Waals surface area contributed by atoms with Crippen molar-refractivity contribution in [3.63, 3.8) is 0 Å². The van der Waals surface area contributed by atoms with Crippen LogP contribution in [0.15, 0.2) is 79.9 Å². The van der Waals surface area contributed by atoms with Crippen LogP contribution in [-0.2, 0) is 25.5 Å². The fourth-order valence-electron chi connectivity index (χ4n) is 4.17. The molecule has 0 saturated heterocycles. The summed E-state index contributed by atoms with van der Waals surface area (Å²) in [4.78, 5) is 35.1. The molecule has 0 spiro atoms. The van der Waals surface area contributed by atoms with E-state index in [1.54, 1.807) is 6.08 Å². The number of carbonyl (C=O) groups is 3. The molecule has 35 heavy (non-hydrogen) atoms. The van der Waals surface area contributed by atoms with Gasteiger partial charge in [0.25, 0.3) is 0 Å². The third-order valence-electron chi connectivity index (χ3n) is 6.23. The van der Waals surface area contributed by atoms with E-state index in [2.05, 4.69) is 13.2 Å². The molecule has 1 fully saturated rings. The molecule has 0 N–H and O–H groups in total. The van der Waals surface area contributed by atoms with Crippen LogP contribution in [0.3, 0.4) is 0 Å². The number of hydrogen-bond acceptors (Lipinski definition) is 5. The average Bonchev–Trinajstić information content (AvgIpc) is 2.89. The molecule has 5 heteroatoms. The Balaban J connectivity index is 1.43. The Labute approximate surface area is 212 Å². The first-order chi connectivity index (χ1) is 17.0. The van der Waals surface area contributed by atoms with Crippen LogP contribution in [0.1, 0.15) is 43.2 Å². The van der Waals surface area contributed by atoms with E-state index >= 15 is 0 Å². The number of esters is 1. The zero-order valence-electron chi connectivity index (χ0n) is 20.0. The van der Waals surface area contributed by atoms with Crippen LogP contribution in [0.2, 0.25) is 0 Å². The Kier molecular flexibility index (Phi) is 10.3. The lowest BCUT2D eigenvalue weighted by Crippen LogP contribution is -2.19. The second-order valence-electron chi connectivity index (χ2n) is 8.74. The first kappa shape index (κ1) is 26.4. The summed E-state index contributed by atoms with van der Waals surface area (Å²) in [6.07, 6.45) is 11.5. The van der Waals surface area contributed by atoms with Crippen molar-refractivity contribution in [3.05, 3.63) is 91.0 Å². The van der Waals surface area contributed by atoms with Gasteiger partial charge in [0, 0.05) is 17.7 Å². The fraction of sp³-hybridized carbons (Fsp3) is 0.300. The van der Waals surface area contributed by atoms with Crippen molar-refractivity contribution in [2.24, 2.45) is 5.92 Å². The van der Waals surface area contributed by atoms with Gasteiger partial charge in [0.1, 0.15) is 0 Å². The molecule has 0 bridgehead atoms. The second kappa shape index (κ2) is 13.6. The van der Waals surface area contributed by atoms with E-state index in [-0.39, 0.29) is 16.9 Å². The van der Waals surface area contributed by atoms with Crippen LogP contribution < -0.4 is 0 Å². The fourth-order valence-corrected chi connectivity index (χ4v) is 5.15. The molecule has 3 rings (SSSR count). The molecule has 0 atom stereocenters. The number of ether oxygens (including phenoxy) is 1. The predicted molar refractivity (Wildman–Crippen MR) is 144 cm³/mol. The predicted octanol–water partition coefficient (Wildman–Crippen LogP) is 6.60. The molecule has 2 aromatic carbocycles. The van der Waals surface area contributed by atoms with Gasteiger partial charge in [0.15, 0.2) is 5.78 Å². The highest BCUT2D eigenvalue weighted by molar-refractivity contribution is 8.14. The van der Waals surface area contributed by atoms with Gasteiger partial charge in [-0.15, -0.1) is 0 Å². The maximum Gasteiger partial charge on any atom is 0.330 e. The Morgan fingerprint density at radius 3 is 2.11 bits per heavy atom. The third kappa shape index (κ3) is 8.84. The highest BCUT2D eigenvalue weighted by atomic mass is 32.2. The maximum atomic E-state index is 12.4. The molecular weight excluding hydrogens is 456 g/mol. The van der Waals surface area contributed by atoms with Gasteiger partial charge in [0.2, 0.25) is 5.12 Å². The molecule has 0 amide bonds. The van der Waals surface area contributed by atoms with E-state index in [4.69, 9.17) is 4.74 Å². The third-order valence-corrected chi connectivity index (χ3v) is 7.40. The summed E-state index contributed by atoms with van der Waals surface area (Å²) < 4.78 is 5.07. The summed E-state index contributed by atoms with van der Waals surface area (Å²) in [7, 11) is 0. The molecule has 4 nitrogen and oxygen atoms in total. The molecule has 1 saturated carbocycles. The first-order valence-corrected chi connectivity index (χ1v) is 12.9. The summed E-state index contributed by atoms with van der Waals surface area (Å²) in [6.45, 7) is 7.35. The Hall–Kier alpha value is -3.18. The molecule has 0 unspecified atom stereocenters. The molecule has 1 aliphatic rings. The largest absolute Gasteiger partial charge is 0.463 e. The van der Waals surface area contributed by atoms with Crippen molar-refractivity contribution >= 4 is 34.7 Å². The highest BCUT2D eigenvalue weighted by Crippen LogP contribution is 2.34. The van der Waals surface area contributed by atoms with E-state index in [1.807, 2.05) is 54.6 Å². The van der Waals surface area contributed by atoms with Crippen LogP contribution in [0.25, 0.3) is 17.2 Å². The minimum Gasteiger partial charge on any atom is -0.463 e. The molecule has 2 aromatic rings. The van der Waals surface area contributed by atoms with Crippen molar-refractivity contribution in [3.8, 4) is 11.1 Å². The zero-order valence-corrected chi connectivity index (χ0v) is 20.8. The van der Waals surface area contributed by atoms with Crippen molar-refractivity contribution < 1.29 is 19.1 Å². The standard InChI is InChI=1S/C30H32O4S/c1-3-27(31)21-24-7-14-26(15-8-24)25-12-5-22(6-13-25)11-18-30(33)35-28-16-9-23(10-17-28)19-20-34-29(32)4-2/h3-8,11-15,18,23,28H,1-2,9-10,16-17,19-21H2/b18-11+. The van der Waals surface area contributed by atoms with Gasteiger partial charge in [-0.2, -0.15) is 0 Å². The van der Waals surface area contributed by atoms with Crippen LogP contribution in [0.4, 0.5) is 0 Å². The molecule has 0 heterocycles. The van der Waals surface area contributed by atoms with Gasteiger partial charge < -0.3 is 4.74 Å². The molecule has 0 aromatic heterocycles. The average molecular weight is 489 g/mol. The summed E-state index contributed by atoms with van der Waals surface area (Å²) in [5.41, 5.74) is 4.11. The van der Waals surface area contributed by atoms with Gasteiger partial charge in [-0.3, -0.25) is 9.59 Å². The number of thioether (sulfide) groups is 1. The van der Waals surface area contributed by atoms with Crippen LogP contribution in [0.5, 0.6) is 0 Å². The second-order valence-corrected chi connectivity index (χ2v) is 10.0. The zero-order chi connectivity index (χ0) is 25.0. The van der Waals surface area contributed by atoms with Crippen molar-refractivity contribution in [2.75, 3.05) is 6.61 Å². The number of ketones is 1. The van der Waals surface area contributed by atoms with Crippen molar-refractivity contribution in [2.45, 2.75) is 43.8 Å². The van der Waals surface area contributed by atoms with Crippen molar-refractivity contribution in [1.82, 2.24) is 0 Å². The lowest BCUT2D eigenvalue weighted by molar-refractivity contribution is -0.138. The van der Waals surface area contributed by atoms with Gasteiger partial charge in [0.05, 0.1) is 6.61 Å². The van der Waals surface area contributed by atoms with Gasteiger partial charge in [-0.05, 0) is 72.4 Å². The quantitative estimate of drug-likeness (QED) is 0.263. The minimum absolute atomic E-state index is 0.0121. The van der Waals surface area contributed by atoms with Crippen molar-refractivity contribution in [1.29, 1.82) is 0 Å². The molecule has 0 radical (unpaired) electrons. The monoisotopic (exact) mass is 488 g/mol. The molecule has 182 valence electrons. The summed E-state index contributed by atoms with van der Waals surface area (Å²) in [5, 5.41) is 0.438. The van der Waals surface area contributed by atoms with E-state index in [1.165, 1.54) is 23.9 Å². The van der Waals surface area contributed by atoms with Crippen LogP contribution in [-0.4, -0.2) is 28.7 Å². The number of benzene rings is 2. The summed E-state index contributed by atoms with van der Waals surface area (Å²) in [5.74, 6) is 0.200. The summed E-state index contributed by atoms with van der Waals surface area (Å²) in [6, 6.07) is 16.0. The van der Waals surface area contributed by atoms with E-state index in [0.717, 1.165) is 54.4 Å². The SMILES string of the molecule is C=CC(=O)Cc1ccc(-c2ccc(/C=C/C(=O)SC3CCC(CCOC(=O)C=C)CC3)cc2)cc1. The lowest BCUT2D eigenvalue weighted by Gasteiger charge is -2.27. The van der Waals surface area contributed by atoms with Gasteiger partial charge >= 0.3 is 5.97 Å². The molecule has 1 aliphatic carbocycles. The first-order valence-electron chi connectivity index (χ1n) is 12.0. The normalized spacial score (nSPS) is 17.6. The number of allylic oxidation sites excluding steroid dienone is 1. The Morgan fingerprint density at radius 1 is 0.886 bits per heavy atom. The smallest absolute Gasteiger partial charge is 0.330 e. The van der Waals surface area contributed by atoms with Gasteiger partial charge in [-0.25, -0.2) is 4.79 Å².